The predicted octanol–water partition coefficient (Wildman–Crippen LogP) is 3.85. The summed E-state index contributed by atoms with van der Waals surface area (Å²) in [5.41, 5.74) is 7.91. The normalized spacial score (nSPS) is 23.0. The van der Waals surface area contributed by atoms with Gasteiger partial charge in [-0.3, -0.25) is 4.90 Å². The van der Waals surface area contributed by atoms with Gasteiger partial charge in [-0.25, -0.2) is 0 Å². The van der Waals surface area contributed by atoms with Crippen molar-refractivity contribution in [3.63, 3.8) is 0 Å². The van der Waals surface area contributed by atoms with E-state index in [0.717, 1.165) is 18.1 Å². The molecule has 19 heavy (non-hydrogen) atoms. The Balaban J connectivity index is 2.22. The van der Waals surface area contributed by atoms with E-state index in [1.165, 1.54) is 18.4 Å². The summed E-state index contributed by atoms with van der Waals surface area (Å²) in [6.45, 7) is 9.04. The Hall–Kier alpha value is -0.570. The molecule has 0 aromatic heterocycles. The van der Waals surface area contributed by atoms with Crippen LogP contribution in [0.15, 0.2) is 24.3 Å². The Bertz CT molecular complexity index is 411. The van der Waals surface area contributed by atoms with Gasteiger partial charge in [0.25, 0.3) is 0 Å². The number of hydrogen-bond donors (Lipinski definition) is 1. The Morgan fingerprint density at radius 3 is 2.42 bits per heavy atom. The van der Waals surface area contributed by atoms with Gasteiger partial charge in [0, 0.05) is 23.7 Å². The van der Waals surface area contributed by atoms with Crippen LogP contribution in [0.1, 0.15) is 45.2 Å². The lowest BCUT2D eigenvalue weighted by molar-refractivity contribution is 0.0688. The second kappa shape index (κ2) is 5.82. The van der Waals surface area contributed by atoms with E-state index in [1.54, 1.807) is 0 Å². The second-order valence-electron chi connectivity index (χ2n) is 6.59. The van der Waals surface area contributed by atoms with Gasteiger partial charge >= 0.3 is 0 Å². The minimum atomic E-state index is 0.120. The van der Waals surface area contributed by atoms with Crippen LogP contribution in [-0.2, 0) is 0 Å². The highest BCUT2D eigenvalue weighted by Gasteiger charge is 2.32. The fraction of sp³-hybridized carbons (Fsp3) is 0.625. The largest absolute Gasteiger partial charge is 0.326 e. The molecule has 2 rings (SSSR count). The molecule has 2 atom stereocenters. The van der Waals surface area contributed by atoms with Gasteiger partial charge in [0.05, 0.1) is 0 Å². The molecule has 3 heteroatoms. The lowest BCUT2D eigenvalue weighted by Gasteiger charge is -2.43. The molecule has 0 radical (unpaired) electrons. The number of nitrogens with two attached hydrogens (primary N) is 1. The van der Waals surface area contributed by atoms with Gasteiger partial charge in [-0.05, 0) is 49.4 Å². The van der Waals surface area contributed by atoms with E-state index in [1.807, 2.05) is 12.1 Å². The first-order chi connectivity index (χ1) is 8.89. The first kappa shape index (κ1) is 14.8. The first-order valence-corrected chi connectivity index (χ1v) is 7.52. The van der Waals surface area contributed by atoms with Crippen molar-refractivity contribution < 1.29 is 0 Å². The Kier molecular flexibility index (Phi) is 4.54. The molecule has 0 aliphatic carbocycles. The van der Waals surface area contributed by atoms with Gasteiger partial charge in [0.1, 0.15) is 0 Å². The zero-order chi connectivity index (χ0) is 14.0. The molecule has 0 bridgehead atoms. The summed E-state index contributed by atoms with van der Waals surface area (Å²) >= 11 is 5.98. The average molecular weight is 281 g/mol. The van der Waals surface area contributed by atoms with Gasteiger partial charge in [-0.1, -0.05) is 37.6 Å². The Labute approximate surface area is 121 Å². The lowest BCUT2D eigenvalue weighted by Crippen LogP contribution is -2.47. The summed E-state index contributed by atoms with van der Waals surface area (Å²) in [6, 6.07) is 8.55. The van der Waals surface area contributed by atoms with Crippen molar-refractivity contribution in [1.29, 1.82) is 0 Å². The second-order valence-corrected chi connectivity index (χ2v) is 7.03. The van der Waals surface area contributed by atoms with E-state index in [0.29, 0.717) is 5.41 Å². The summed E-state index contributed by atoms with van der Waals surface area (Å²) in [5, 5.41) is 0.783. The molecule has 2 N–H and O–H groups in total. The van der Waals surface area contributed by atoms with Gasteiger partial charge in [-0.2, -0.15) is 0 Å². The molecule has 1 aromatic carbocycles. The van der Waals surface area contributed by atoms with E-state index in [4.69, 9.17) is 17.3 Å². The molecule has 1 heterocycles. The SMILES string of the molecule is CC(N)C(c1ccc(Cl)cc1)N1CCCC(C)(C)C1. The third kappa shape index (κ3) is 3.71. The molecule has 1 saturated heterocycles. The summed E-state index contributed by atoms with van der Waals surface area (Å²) in [6.07, 6.45) is 2.56. The molecular weight excluding hydrogens is 256 g/mol. The fourth-order valence-corrected chi connectivity index (χ4v) is 3.34. The topological polar surface area (TPSA) is 29.3 Å². The van der Waals surface area contributed by atoms with Crippen molar-refractivity contribution in [2.24, 2.45) is 11.1 Å². The van der Waals surface area contributed by atoms with Gasteiger partial charge < -0.3 is 5.73 Å². The first-order valence-electron chi connectivity index (χ1n) is 7.14. The summed E-state index contributed by atoms with van der Waals surface area (Å²) in [5.74, 6) is 0. The van der Waals surface area contributed by atoms with Crippen molar-refractivity contribution in [2.75, 3.05) is 13.1 Å². The average Bonchev–Trinajstić information content (AvgIpc) is 2.30. The van der Waals surface area contributed by atoms with E-state index < -0.39 is 0 Å². The van der Waals surface area contributed by atoms with E-state index >= 15 is 0 Å². The molecule has 2 unspecified atom stereocenters. The molecule has 1 fully saturated rings. The minimum absolute atomic E-state index is 0.120. The number of rotatable bonds is 3. The zero-order valence-electron chi connectivity index (χ0n) is 12.2. The smallest absolute Gasteiger partial charge is 0.0496 e. The van der Waals surface area contributed by atoms with Crippen LogP contribution in [0, 0.1) is 5.41 Å². The molecule has 0 spiro atoms. The number of piperidine rings is 1. The highest BCUT2D eigenvalue weighted by Crippen LogP contribution is 2.34. The molecule has 1 aromatic rings. The number of halogens is 1. The van der Waals surface area contributed by atoms with Crippen molar-refractivity contribution in [2.45, 2.75) is 45.7 Å². The van der Waals surface area contributed by atoms with Crippen molar-refractivity contribution >= 4 is 11.6 Å². The minimum Gasteiger partial charge on any atom is -0.326 e. The molecule has 0 saturated carbocycles. The Morgan fingerprint density at radius 1 is 1.26 bits per heavy atom. The molecule has 1 aliphatic rings. The molecular formula is C16H25ClN2. The van der Waals surface area contributed by atoms with Gasteiger partial charge in [0.15, 0.2) is 0 Å². The number of benzene rings is 1. The van der Waals surface area contributed by atoms with Crippen molar-refractivity contribution in [3.05, 3.63) is 34.9 Å². The van der Waals surface area contributed by atoms with Crippen LogP contribution in [0.4, 0.5) is 0 Å². The monoisotopic (exact) mass is 280 g/mol. The maximum absolute atomic E-state index is 6.25. The quantitative estimate of drug-likeness (QED) is 0.911. The van der Waals surface area contributed by atoms with Crippen LogP contribution >= 0.6 is 11.6 Å². The molecule has 1 aliphatic heterocycles. The van der Waals surface area contributed by atoms with Crippen molar-refractivity contribution in [3.8, 4) is 0 Å². The molecule has 106 valence electrons. The zero-order valence-corrected chi connectivity index (χ0v) is 13.0. The third-order valence-electron chi connectivity index (χ3n) is 4.03. The lowest BCUT2D eigenvalue weighted by atomic mass is 9.82. The van der Waals surface area contributed by atoms with Crippen LogP contribution in [-0.4, -0.2) is 24.0 Å². The fourth-order valence-electron chi connectivity index (χ4n) is 3.21. The maximum atomic E-state index is 6.25. The molecule has 0 amide bonds. The van der Waals surface area contributed by atoms with E-state index in [2.05, 4.69) is 37.8 Å². The van der Waals surface area contributed by atoms with E-state index in [-0.39, 0.29) is 12.1 Å². The van der Waals surface area contributed by atoms with Gasteiger partial charge in [-0.15, -0.1) is 0 Å². The standard InChI is InChI=1S/C16H25ClN2/c1-12(18)15(13-5-7-14(17)8-6-13)19-10-4-9-16(2,3)11-19/h5-8,12,15H,4,9-11,18H2,1-3H3. The number of hydrogen-bond acceptors (Lipinski definition) is 2. The van der Waals surface area contributed by atoms with Crippen LogP contribution in [0.2, 0.25) is 5.02 Å². The van der Waals surface area contributed by atoms with Crippen molar-refractivity contribution in [1.82, 2.24) is 4.90 Å². The van der Waals surface area contributed by atoms with E-state index in [9.17, 15) is 0 Å². The van der Waals surface area contributed by atoms with Crippen LogP contribution in [0.3, 0.4) is 0 Å². The van der Waals surface area contributed by atoms with Crippen LogP contribution in [0.25, 0.3) is 0 Å². The highest BCUT2D eigenvalue weighted by atomic mass is 35.5. The summed E-state index contributed by atoms with van der Waals surface area (Å²) in [7, 11) is 0. The molecule has 2 nitrogen and oxygen atoms in total. The maximum Gasteiger partial charge on any atom is 0.0496 e. The summed E-state index contributed by atoms with van der Waals surface area (Å²) < 4.78 is 0. The summed E-state index contributed by atoms with van der Waals surface area (Å²) in [4.78, 5) is 2.54. The third-order valence-corrected chi connectivity index (χ3v) is 4.28. The highest BCUT2D eigenvalue weighted by molar-refractivity contribution is 6.30. The number of nitrogens with zero attached hydrogens (tertiary/aromatic N) is 1. The van der Waals surface area contributed by atoms with Crippen LogP contribution in [0.5, 0.6) is 0 Å². The van der Waals surface area contributed by atoms with Gasteiger partial charge in [0.2, 0.25) is 0 Å². The predicted molar refractivity (Wildman–Crippen MR) is 82.4 cm³/mol. The Morgan fingerprint density at radius 2 is 1.89 bits per heavy atom. The number of likely N-dealkylation sites (tertiary alicyclic amines) is 1. The van der Waals surface area contributed by atoms with Crippen LogP contribution < -0.4 is 5.73 Å².